The topological polar surface area (TPSA) is 84.9 Å². The van der Waals surface area contributed by atoms with Crippen LogP contribution in [0, 0.1) is 11.8 Å². The number of nitrogens with one attached hydrogen (secondary N) is 1. The van der Waals surface area contributed by atoms with Gasteiger partial charge in [0.05, 0.1) is 26.1 Å². The monoisotopic (exact) mass is 456 g/mol. The minimum Gasteiger partial charge on any atom is -0.496 e. The Bertz CT molecular complexity index is 1100. The molecule has 2 amide bonds. The molecule has 168 valence electrons. The van der Waals surface area contributed by atoms with Crippen LogP contribution in [0.15, 0.2) is 42.5 Å². The maximum atomic E-state index is 13.2. The van der Waals surface area contributed by atoms with Gasteiger partial charge in [-0.25, -0.2) is 0 Å². The number of benzene rings is 2. The summed E-state index contributed by atoms with van der Waals surface area (Å²) >= 11 is 6.15. The van der Waals surface area contributed by atoms with Crippen molar-refractivity contribution in [3.8, 4) is 16.9 Å². The number of halogens is 1. The van der Waals surface area contributed by atoms with Gasteiger partial charge in [0, 0.05) is 23.2 Å². The molecule has 0 saturated carbocycles. The maximum Gasteiger partial charge on any atom is 0.326 e. The van der Waals surface area contributed by atoms with Crippen LogP contribution in [0.5, 0.6) is 5.75 Å². The van der Waals surface area contributed by atoms with E-state index in [-0.39, 0.29) is 18.4 Å². The Labute approximate surface area is 191 Å². The molecule has 0 spiro atoms. The Hall–Kier alpha value is -2.90. The molecule has 4 atom stereocenters. The minimum atomic E-state index is -1.32. The third kappa shape index (κ3) is 3.27. The number of carbonyl (C=O) groups is 3. The molecule has 0 aromatic heterocycles. The molecule has 2 aliphatic heterocycles. The van der Waals surface area contributed by atoms with E-state index in [1.54, 1.807) is 27.0 Å². The van der Waals surface area contributed by atoms with Gasteiger partial charge < -0.3 is 9.47 Å². The van der Waals surface area contributed by atoms with E-state index in [1.165, 1.54) is 12.0 Å². The van der Waals surface area contributed by atoms with Crippen molar-refractivity contribution in [2.45, 2.75) is 25.4 Å². The summed E-state index contributed by atoms with van der Waals surface area (Å²) < 4.78 is 10.6. The van der Waals surface area contributed by atoms with Gasteiger partial charge in [-0.15, -0.1) is 0 Å². The molecule has 32 heavy (non-hydrogen) atoms. The van der Waals surface area contributed by atoms with Crippen LogP contribution >= 0.6 is 11.6 Å². The Morgan fingerprint density at radius 2 is 1.91 bits per heavy atom. The number of hydrogen-bond donors (Lipinski definition) is 1. The number of likely N-dealkylation sites (tertiary alicyclic amines) is 1. The summed E-state index contributed by atoms with van der Waals surface area (Å²) in [5.41, 5.74) is 1.16. The highest BCUT2D eigenvalue weighted by Crippen LogP contribution is 2.49. The van der Waals surface area contributed by atoms with E-state index >= 15 is 0 Å². The van der Waals surface area contributed by atoms with Crippen molar-refractivity contribution >= 4 is 29.4 Å². The lowest BCUT2D eigenvalue weighted by Gasteiger charge is -2.28. The molecule has 0 bridgehead atoms. The number of amides is 2. The van der Waals surface area contributed by atoms with Crippen LogP contribution in [-0.4, -0.2) is 49.0 Å². The van der Waals surface area contributed by atoms with Crippen molar-refractivity contribution in [3.05, 3.63) is 53.1 Å². The summed E-state index contributed by atoms with van der Waals surface area (Å²) in [6.45, 7) is 3.63. The Kier molecular flexibility index (Phi) is 5.73. The average molecular weight is 457 g/mol. The van der Waals surface area contributed by atoms with Crippen LogP contribution in [-0.2, 0) is 19.1 Å². The van der Waals surface area contributed by atoms with E-state index in [4.69, 9.17) is 21.1 Å². The van der Waals surface area contributed by atoms with Gasteiger partial charge >= 0.3 is 5.97 Å². The van der Waals surface area contributed by atoms with Crippen LogP contribution in [0.25, 0.3) is 11.1 Å². The lowest BCUT2D eigenvalue weighted by molar-refractivity contribution is -0.153. The Balaban J connectivity index is 1.80. The second-order valence-corrected chi connectivity index (χ2v) is 8.65. The van der Waals surface area contributed by atoms with Gasteiger partial charge in [0.1, 0.15) is 11.3 Å². The highest BCUT2D eigenvalue weighted by atomic mass is 35.5. The number of fused-ring (bicyclic) bond motifs is 1. The van der Waals surface area contributed by atoms with Gasteiger partial charge in [0.15, 0.2) is 0 Å². The lowest BCUT2D eigenvalue weighted by Crippen LogP contribution is -2.53. The molecular weight excluding hydrogens is 432 g/mol. The van der Waals surface area contributed by atoms with Crippen molar-refractivity contribution in [3.63, 3.8) is 0 Å². The number of rotatable bonds is 5. The van der Waals surface area contributed by atoms with Crippen molar-refractivity contribution < 1.29 is 23.9 Å². The van der Waals surface area contributed by atoms with Crippen LogP contribution in [0.3, 0.4) is 0 Å². The maximum absolute atomic E-state index is 13.2. The standard InChI is InChI=1S/C24H25ClN2O5/c1-5-27-21(28)18-19(22(27)29)24(2,23(30)32-4)26-20(18)14-9-10-16(17(12-14)31-3)13-7-6-8-15(25)11-13/h6-12,18-20,26H,5H2,1-4H3/t18?,19?,20?,24-/m1/s1. The van der Waals surface area contributed by atoms with E-state index in [1.807, 2.05) is 36.4 Å². The summed E-state index contributed by atoms with van der Waals surface area (Å²) in [6.07, 6.45) is 0. The fourth-order valence-corrected chi connectivity index (χ4v) is 5.18. The first-order valence-electron chi connectivity index (χ1n) is 10.4. The number of methoxy groups -OCH3 is 2. The molecule has 2 aromatic rings. The third-order valence-electron chi connectivity index (χ3n) is 6.52. The van der Waals surface area contributed by atoms with Gasteiger partial charge in [0.25, 0.3) is 0 Å². The van der Waals surface area contributed by atoms with Crippen LogP contribution < -0.4 is 10.1 Å². The van der Waals surface area contributed by atoms with E-state index in [2.05, 4.69) is 5.32 Å². The molecule has 3 unspecified atom stereocenters. The zero-order chi connectivity index (χ0) is 23.2. The van der Waals surface area contributed by atoms with Crippen molar-refractivity contribution in [2.75, 3.05) is 20.8 Å². The average Bonchev–Trinajstić information content (AvgIpc) is 3.25. The minimum absolute atomic E-state index is 0.256. The zero-order valence-electron chi connectivity index (χ0n) is 18.3. The van der Waals surface area contributed by atoms with Gasteiger partial charge in [0.2, 0.25) is 11.8 Å². The van der Waals surface area contributed by atoms with Crippen LogP contribution in [0.4, 0.5) is 0 Å². The van der Waals surface area contributed by atoms with Gasteiger partial charge in [-0.1, -0.05) is 35.9 Å². The summed E-state index contributed by atoms with van der Waals surface area (Å²) in [6, 6.07) is 12.5. The first kappa shape index (κ1) is 22.3. The fraction of sp³-hybridized carbons (Fsp3) is 0.375. The molecular formula is C24H25ClN2O5. The molecule has 2 heterocycles. The Morgan fingerprint density at radius 3 is 2.53 bits per heavy atom. The number of ether oxygens (including phenoxy) is 2. The number of carbonyl (C=O) groups excluding carboxylic acids is 3. The van der Waals surface area contributed by atoms with Crippen molar-refractivity contribution in [1.29, 1.82) is 0 Å². The Morgan fingerprint density at radius 1 is 1.16 bits per heavy atom. The van der Waals surface area contributed by atoms with Gasteiger partial charge in [-0.3, -0.25) is 24.6 Å². The van der Waals surface area contributed by atoms with Crippen LogP contribution in [0.1, 0.15) is 25.5 Å². The summed E-state index contributed by atoms with van der Waals surface area (Å²) in [4.78, 5) is 40.1. The van der Waals surface area contributed by atoms with Gasteiger partial charge in [-0.05, 0) is 43.2 Å². The summed E-state index contributed by atoms with van der Waals surface area (Å²) in [5.74, 6) is -2.17. The van der Waals surface area contributed by atoms with E-state index in [0.29, 0.717) is 10.8 Å². The molecule has 8 heteroatoms. The molecule has 0 aliphatic carbocycles. The molecule has 2 fully saturated rings. The summed E-state index contributed by atoms with van der Waals surface area (Å²) in [7, 11) is 2.85. The van der Waals surface area contributed by atoms with E-state index in [0.717, 1.165) is 16.7 Å². The SMILES string of the molecule is CCN1C(=O)C2C(c3ccc(-c4cccc(Cl)c4)c(OC)c3)N[C@@](C)(C(=O)OC)C2C1=O. The van der Waals surface area contributed by atoms with Crippen molar-refractivity contribution in [2.24, 2.45) is 11.8 Å². The van der Waals surface area contributed by atoms with Crippen LogP contribution in [0.2, 0.25) is 5.02 Å². The predicted molar refractivity (Wildman–Crippen MR) is 119 cm³/mol. The smallest absolute Gasteiger partial charge is 0.326 e. The zero-order valence-corrected chi connectivity index (χ0v) is 19.1. The number of imide groups is 1. The fourth-order valence-electron chi connectivity index (χ4n) is 4.99. The molecule has 0 radical (unpaired) electrons. The largest absolute Gasteiger partial charge is 0.496 e. The third-order valence-corrected chi connectivity index (χ3v) is 6.76. The molecule has 2 aliphatic rings. The molecule has 2 saturated heterocycles. The second kappa shape index (κ2) is 8.22. The second-order valence-electron chi connectivity index (χ2n) is 8.21. The highest BCUT2D eigenvalue weighted by Gasteiger charge is 2.66. The number of hydrogen-bond acceptors (Lipinski definition) is 6. The highest BCUT2D eigenvalue weighted by molar-refractivity contribution is 6.30. The quantitative estimate of drug-likeness (QED) is 0.549. The number of nitrogens with zero attached hydrogens (tertiary/aromatic N) is 1. The number of esters is 1. The molecule has 7 nitrogen and oxygen atoms in total. The van der Waals surface area contributed by atoms with Gasteiger partial charge in [-0.2, -0.15) is 0 Å². The normalized spacial score (nSPS) is 26.9. The first-order valence-corrected chi connectivity index (χ1v) is 10.8. The van der Waals surface area contributed by atoms with E-state index < -0.39 is 29.4 Å². The lowest BCUT2D eigenvalue weighted by atomic mass is 9.80. The summed E-state index contributed by atoms with van der Waals surface area (Å²) in [5, 5.41) is 3.85. The van der Waals surface area contributed by atoms with E-state index in [9.17, 15) is 14.4 Å². The first-order chi connectivity index (χ1) is 15.3. The predicted octanol–water partition coefficient (Wildman–Crippen LogP) is 3.21. The molecule has 1 N–H and O–H groups in total. The molecule has 4 rings (SSSR count). The van der Waals surface area contributed by atoms with Crippen molar-refractivity contribution in [1.82, 2.24) is 10.2 Å². The molecule has 2 aromatic carbocycles.